The second-order valence-electron chi connectivity index (χ2n) is 15.0. The van der Waals surface area contributed by atoms with E-state index in [1.165, 1.54) is 7.11 Å². The monoisotopic (exact) mass is 684 g/mol. The van der Waals surface area contributed by atoms with Gasteiger partial charge in [-0.25, -0.2) is 14.6 Å². The van der Waals surface area contributed by atoms with Gasteiger partial charge >= 0.3 is 18.2 Å². The Kier molecular flexibility index (Phi) is 15.2. The van der Waals surface area contributed by atoms with Crippen molar-refractivity contribution in [2.75, 3.05) is 19.0 Å². The summed E-state index contributed by atoms with van der Waals surface area (Å²) in [7, 11) is 0.00789. The zero-order chi connectivity index (χ0) is 36.1. The minimum Gasteiger partial charge on any atom is -0.460 e. The molecular weight excluding hydrogens is 629 g/mol. The van der Waals surface area contributed by atoms with E-state index in [0.717, 1.165) is 28.7 Å². The van der Waals surface area contributed by atoms with Crippen molar-refractivity contribution in [3.8, 4) is 11.3 Å². The molecule has 0 spiro atoms. The van der Waals surface area contributed by atoms with Crippen LogP contribution in [0.2, 0.25) is 25.7 Å². The number of aryl methyl sites for hydroxylation is 1. The normalized spacial score (nSPS) is 12.9. The third-order valence-electron chi connectivity index (χ3n) is 6.86. The highest BCUT2D eigenvalue weighted by atomic mass is 28.3. The number of methoxy groups -OCH3 is 1. The lowest BCUT2D eigenvalue weighted by atomic mass is 9.91. The molecule has 0 fully saturated rings. The van der Waals surface area contributed by atoms with Gasteiger partial charge < -0.3 is 23.9 Å². The van der Waals surface area contributed by atoms with Crippen LogP contribution in [-0.2, 0) is 43.2 Å². The molecule has 11 nitrogen and oxygen atoms in total. The van der Waals surface area contributed by atoms with Crippen LogP contribution in [0.1, 0.15) is 77.9 Å². The number of hydrogen-bond donors (Lipinski definition) is 2. The van der Waals surface area contributed by atoms with Gasteiger partial charge in [0.25, 0.3) is 0 Å². The molecule has 0 aliphatic heterocycles. The van der Waals surface area contributed by atoms with Crippen molar-refractivity contribution in [1.29, 1.82) is 0 Å². The largest absolute Gasteiger partial charge is 0.460 e. The van der Waals surface area contributed by atoms with Gasteiger partial charge in [-0.2, -0.15) is 4.99 Å². The number of anilines is 1. The molecule has 0 unspecified atom stereocenters. The SMILES string of the molecule is C=CC[C@@H](Cc1cc(NC(=O)OC)ccc1-c1nc(CCCC=NC(=O)OC(C)(C)C)[nH]c1COCC[Si](C)(C)C)C(=O)OC(C)(C)C. The van der Waals surface area contributed by atoms with E-state index in [9.17, 15) is 14.4 Å². The summed E-state index contributed by atoms with van der Waals surface area (Å²) in [5.74, 6) is -0.0738. The number of ether oxygens (including phenoxy) is 4. The zero-order valence-electron chi connectivity index (χ0n) is 30.6. The molecule has 266 valence electrons. The summed E-state index contributed by atoms with van der Waals surface area (Å²) >= 11 is 0. The highest BCUT2D eigenvalue weighted by molar-refractivity contribution is 6.76. The summed E-state index contributed by atoms with van der Waals surface area (Å²) in [6.45, 7) is 22.7. The van der Waals surface area contributed by atoms with Crippen LogP contribution in [0, 0.1) is 5.92 Å². The summed E-state index contributed by atoms with van der Waals surface area (Å²) in [4.78, 5) is 49.6. The van der Waals surface area contributed by atoms with Gasteiger partial charge in [-0.15, -0.1) is 6.58 Å². The van der Waals surface area contributed by atoms with Crippen molar-refractivity contribution >= 4 is 38.1 Å². The summed E-state index contributed by atoms with van der Waals surface area (Å²) in [5, 5.41) is 2.73. The van der Waals surface area contributed by atoms with E-state index in [-0.39, 0.29) is 5.97 Å². The number of carbonyl (C=O) groups excluding carboxylic acids is 3. The second-order valence-corrected chi connectivity index (χ2v) is 20.6. The number of imidazole rings is 1. The third kappa shape index (κ3) is 15.4. The Balaban J connectivity index is 2.47. The fraction of sp³-hybridized carbons (Fsp3) is 0.583. The second kappa shape index (κ2) is 18.1. The number of aromatic amines is 1. The van der Waals surface area contributed by atoms with Crippen molar-refractivity contribution in [2.24, 2.45) is 10.9 Å². The van der Waals surface area contributed by atoms with Gasteiger partial charge in [0.1, 0.15) is 17.0 Å². The molecular formula is C36H56N4O7Si. The molecule has 2 aromatic rings. The van der Waals surface area contributed by atoms with Gasteiger partial charge in [0.2, 0.25) is 0 Å². The Bertz CT molecular complexity index is 1410. The Hall–Kier alpha value is -3.77. The molecule has 1 heterocycles. The van der Waals surface area contributed by atoms with Crippen LogP contribution in [0.25, 0.3) is 11.3 Å². The molecule has 0 aliphatic carbocycles. The van der Waals surface area contributed by atoms with Crippen LogP contribution in [0.15, 0.2) is 35.8 Å². The van der Waals surface area contributed by atoms with Gasteiger partial charge in [0.05, 0.1) is 31.0 Å². The smallest absolute Gasteiger partial charge is 0.433 e. The summed E-state index contributed by atoms with van der Waals surface area (Å²) in [6, 6.07) is 6.53. The van der Waals surface area contributed by atoms with E-state index in [0.29, 0.717) is 56.7 Å². The van der Waals surface area contributed by atoms with E-state index in [1.54, 1.807) is 39.1 Å². The molecule has 0 saturated heterocycles. The number of allylic oxidation sites excluding steroid dienone is 1. The Morgan fingerprint density at radius 3 is 2.38 bits per heavy atom. The number of H-pyrrole nitrogens is 1. The lowest BCUT2D eigenvalue weighted by molar-refractivity contribution is -0.159. The first-order chi connectivity index (χ1) is 22.3. The molecule has 0 saturated carbocycles. The molecule has 2 N–H and O–H groups in total. The van der Waals surface area contributed by atoms with Gasteiger partial charge in [-0.1, -0.05) is 31.8 Å². The van der Waals surface area contributed by atoms with Gasteiger partial charge in [0.15, 0.2) is 0 Å². The number of nitrogens with one attached hydrogen (secondary N) is 2. The number of benzene rings is 1. The van der Waals surface area contributed by atoms with Crippen molar-refractivity contribution in [3.63, 3.8) is 0 Å². The first kappa shape index (κ1) is 40.4. The van der Waals surface area contributed by atoms with Crippen molar-refractivity contribution in [3.05, 3.63) is 47.9 Å². The first-order valence-corrected chi connectivity index (χ1v) is 20.2. The highest BCUT2D eigenvalue weighted by Gasteiger charge is 2.27. The molecule has 1 aromatic carbocycles. The fourth-order valence-electron chi connectivity index (χ4n) is 4.61. The number of unbranched alkanes of at least 4 members (excludes halogenated alkanes) is 1. The molecule has 48 heavy (non-hydrogen) atoms. The number of aliphatic imine (C=N–C) groups is 1. The maximum Gasteiger partial charge on any atom is 0.433 e. The maximum absolute atomic E-state index is 13.3. The predicted molar refractivity (Wildman–Crippen MR) is 193 cm³/mol. The van der Waals surface area contributed by atoms with Gasteiger partial charge in [-0.05, 0) is 91.0 Å². The molecule has 1 aromatic heterocycles. The van der Waals surface area contributed by atoms with Gasteiger partial charge in [0, 0.05) is 38.6 Å². The highest BCUT2D eigenvalue weighted by Crippen LogP contribution is 2.32. The first-order valence-electron chi connectivity index (χ1n) is 16.5. The molecule has 0 aliphatic rings. The molecule has 0 bridgehead atoms. The number of aromatic nitrogens is 2. The minimum atomic E-state index is -1.29. The molecule has 1 atom stereocenters. The van der Waals surface area contributed by atoms with Crippen molar-refractivity contribution in [1.82, 2.24) is 9.97 Å². The lowest BCUT2D eigenvalue weighted by Crippen LogP contribution is -2.29. The van der Waals surface area contributed by atoms with Crippen LogP contribution in [0.4, 0.5) is 15.3 Å². The number of carbonyl (C=O) groups is 3. The standard InChI is InChI=1S/C36H56N4O7Si/c1-12-15-25(32(41)46-35(2,3)4)22-26-23-27(38-34(43)44-8)17-18-28(26)31-29(24-45-20-21-48(9,10)11)39-30(40-31)16-13-14-19-37-33(42)47-36(5,6)7/h12,17-19,23,25H,1,13-16,20-22,24H2,2-11H3,(H,38,43)(H,39,40)/t25-/m0/s1. The number of hydrogen-bond acceptors (Lipinski definition) is 8. The van der Waals surface area contributed by atoms with Gasteiger partial charge in [-0.3, -0.25) is 10.1 Å². The topological polar surface area (TPSA) is 141 Å². The minimum absolute atomic E-state index is 0.326. The van der Waals surface area contributed by atoms with Crippen LogP contribution in [0.3, 0.4) is 0 Å². The van der Waals surface area contributed by atoms with Crippen molar-refractivity contribution < 1.29 is 33.3 Å². The van der Waals surface area contributed by atoms with E-state index >= 15 is 0 Å². The zero-order valence-corrected chi connectivity index (χ0v) is 31.6. The molecule has 2 amide bonds. The lowest BCUT2D eigenvalue weighted by Gasteiger charge is -2.24. The summed E-state index contributed by atoms with van der Waals surface area (Å²) in [6.07, 6.45) is 4.67. The Morgan fingerprint density at radius 1 is 1.08 bits per heavy atom. The van der Waals surface area contributed by atoms with E-state index in [1.807, 2.05) is 32.9 Å². The number of nitrogens with zero attached hydrogens (tertiary/aromatic N) is 2. The quantitative estimate of drug-likeness (QED) is 0.0448. The van der Waals surface area contributed by atoms with Crippen LogP contribution < -0.4 is 5.32 Å². The van der Waals surface area contributed by atoms with E-state index < -0.39 is 37.4 Å². The number of esters is 1. The molecule has 2 rings (SSSR count). The number of rotatable bonds is 16. The Morgan fingerprint density at radius 2 is 1.77 bits per heavy atom. The average Bonchev–Trinajstić information content (AvgIpc) is 3.35. The fourth-order valence-corrected chi connectivity index (χ4v) is 5.36. The third-order valence-corrected chi connectivity index (χ3v) is 8.56. The van der Waals surface area contributed by atoms with Crippen molar-refractivity contribution in [2.45, 2.75) is 117 Å². The molecule has 12 heteroatoms. The van der Waals surface area contributed by atoms with Crippen LogP contribution >= 0.6 is 0 Å². The molecule has 0 radical (unpaired) electrons. The van der Waals surface area contributed by atoms with E-state index in [2.05, 4.69) is 41.5 Å². The van der Waals surface area contributed by atoms with E-state index in [4.69, 9.17) is 23.9 Å². The van der Waals surface area contributed by atoms with Crippen LogP contribution in [-0.4, -0.2) is 67.3 Å². The summed E-state index contributed by atoms with van der Waals surface area (Å²) < 4.78 is 21.9. The predicted octanol–water partition coefficient (Wildman–Crippen LogP) is 8.51. The van der Waals surface area contributed by atoms with Crippen LogP contribution in [0.5, 0.6) is 0 Å². The summed E-state index contributed by atoms with van der Waals surface area (Å²) in [5.41, 5.74) is 2.40. The average molecular weight is 685 g/mol. The maximum atomic E-state index is 13.3. The number of amides is 2. The Labute approximate surface area is 287 Å².